The minimum Gasteiger partial charge on any atom is -0.536 e. The summed E-state index contributed by atoms with van der Waals surface area (Å²) in [5.74, 6) is -2.78. The molecule has 1 atom stereocenters. The molecule has 0 aromatic heterocycles. The molecule has 0 spiro atoms. The second kappa shape index (κ2) is 7.69. The van der Waals surface area contributed by atoms with Gasteiger partial charge in [-0.05, 0) is 31.0 Å². The Bertz CT molecular complexity index is 750. The standard InChI is InChI=1S/C15H15BN2O7/c1-8(20)2-3-13(21)17-12-6-10-4-9(7-19)5-11(15(22)23)14(10)25-16(12)18-24/h4-5,7,12H,2-3,6H2,1H3,(H,17,21)(H,22,23)/t12-/m0/s1. The van der Waals surface area contributed by atoms with Gasteiger partial charge in [0.15, 0.2) is 0 Å². The second-order valence-corrected chi connectivity index (χ2v) is 5.67. The van der Waals surface area contributed by atoms with Gasteiger partial charge in [-0.15, -0.1) is 0 Å². The Labute approximate surface area is 142 Å². The van der Waals surface area contributed by atoms with Crippen LogP contribution < -0.4 is 9.97 Å². The van der Waals surface area contributed by atoms with E-state index in [0.29, 0.717) is 11.8 Å². The predicted molar refractivity (Wildman–Crippen MR) is 86.5 cm³/mol. The van der Waals surface area contributed by atoms with Crippen LogP contribution in [0.25, 0.3) is 0 Å². The number of carboxylic acids is 1. The third kappa shape index (κ3) is 4.28. The Morgan fingerprint density at radius 2 is 2.12 bits per heavy atom. The fourth-order valence-corrected chi connectivity index (χ4v) is 2.56. The molecule has 2 rings (SSSR count). The third-order valence-electron chi connectivity index (χ3n) is 3.73. The SMILES string of the molecule is CC(=O)CCC(=O)N[C@H]1Cc2cc(C=O)cc(C(=O)O)c2OB1N=O. The van der Waals surface area contributed by atoms with Gasteiger partial charge in [0.25, 0.3) is 0 Å². The van der Waals surface area contributed by atoms with Gasteiger partial charge >= 0.3 is 13.0 Å². The molecule has 0 bridgehead atoms. The number of aldehydes is 1. The van der Waals surface area contributed by atoms with E-state index >= 15 is 0 Å². The van der Waals surface area contributed by atoms with Gasteiger partial charge < -0.3 is 19.9 Å². The lowest BCUT2D eigenvalue weighted by Crippen LogP contribution is -2.52. The van der Waals surface area contributed by atoms with Crippen molar-refractivity contribution in [1.82, 2.24) is 5.32 Å². The molecule has 130 valence electrons. The van der Waals surface area contributed by atoms with Gasteiger partial charge in [-0.1, -0.05) is 5.09 Å². The van der Waals surface area contributed by atoms with Crippen molar-refractivity contribution in [3.63, 3.8) is 0 Å². The number of Topliss-reactive ketones (excluding diaryl/α,β-unsaturated/α-hetero) is 1. The smallest absolute Gasteiger partial charge is 0.536 e. The molecule has 1 aromatic rings. The van der Waals surface area contributed by atoms with Crippen molar-refractivity contribution >= 4 is 31.0 Å². The van der Waals surface area contributed by atoms with Gasteiger partial charge in [0.2, 0.25) is 5.91 Å². The van der Waals surface area contributed by atoms with Gasteiger partial charge in [-0.25, -0.2) is 4.79 Å². The molecule has 25 heavy (non-hydrogen) atoms. The van der Waals surface area contributed by atoms with E-state index in [0.717, 1.165) is 6.07 Å². The maximum absolute atomic E-state index is 11.9. The maximum atomic E-state index is 11.9. The van der Waals surface area contributed by atoms with Gasteiger partial charge in [0.05, 0.1) is 5.94 Å². The minimum absolute atomic E-state index is 0.0426. The molecular formula is C15H15BN2O7. The Morgan fingerprint density at radius 3 is 2.68 bits per heavy atom. The highest BCUT2D eigenvalue weighted by molar-refractivity contribution is 6.53. The Morgan fingerprint density at radius 1 is 1.40 bits per heavy atom. The second-order valence-electron chi connectivity index (χ2n) is 5.67. The number of carbonyl (C=O) groups is 4. The van der Waals surface area contributed by atoms with E-state index in [1.165, 1.54) is 13.0 Å². The molecule has 2 N–H and O–H groups in total. The summed E-state index contributed by atoms with van der Waals surface area (Å²) in [5, 5.41) is 14.6. The zero-order valence-electron chi connectivity index (χ0n) is 13.4. The lowest BCUT2D eigenvalue weighted by atomic mass is 9.68. The number of nitrogens with one attached hydrogen (secondary N) is 1. The number of ketones is 1. The summed E-state index contributed by atoms with van der Waals surface area (Å²) in [6, 6.07) is 2.58. The van der Waals surface area contributed by atoms with Crippen molar-refractivity contribution in [2.75, 3.05) is 0 Å². The van der Waals surface area contributed by atoms with Crippen LogP contribution in [0.1, 0.15) is 46.0 Å². The van der Waals surface area contributed by atoms with Crippen LogP contribution in [-0.4, -0.2) is 42.0 Å². The normalized spacial score (nSPS) is 15.6. The molecule has 1 heterocycles. The molecule has 0 saturated heterocycles. The molecule has 1 aliphatic heterocycles. The van der Waals surface area contributed by atoms with Crippen LogP contribution in [0.15, 0.2) is 17.2 Å². The number of aromatic carboxylic acids is 1. The number of benzene rings is 1. The first-order valence-electron chi connectivity index (χ1n) is 7.49. The van der Waals surface area contributed by atoms with Crippen molar-refractivity contribution in [1.29, 1.82) is 0 Å². The van der Waals surface area contributed by atoms with Crippen molar-refractivity contribution in [3.05, 3.63) is 33.7 Å². The third-order valence-corrected chi connectivity index (χ3v) is 3.73. The first kappa shape index (κ1) is 18.3. The number of fused-ring (bicyclic) bond motifs is 1. The molecule has 0 unspecified atom stereocenters. The van der Waals surface area contributed by atoms with Crippen LogP contribution >= 0.6 is 0 Å². The minimum atomic E-state index is -1.31. The van der Waals surface area contributed by atoms with E-state index in [-0.39, 0.29) is 41.9 Å². The lowest BCUT2D eigenvalue weighted by molar-refractivity contribution is -0.124. The van der Waals surface area contributed by atoms with Crippen LogP contribution in [0.4, 0.5) is 0 Å². The molecule has 0 aliphatic carbocycles. The van der Waals surface area contributed by atoms with E-state index in [2.05, 4.69) is 10.4 Å². The first-order valence-corrected chi connectivity index (χ1v) is 7.49. The number of hydrogen-bond acceptors (Lipinski definition) is 7. The van der Waals surface area contributed by atoms with E-state index in [4.69, 9.17) is 4.65 Å². The van der Waals surface area contributed by atoms with Crippen molar-refractivity contribution < 1.29 is 28.9 Å². The van der Waals surface area contributed by atoms with Gasteiger partial charge in [0.1, 0.15) is 23.4 Å². The number of nitroso groups, excluding NO2 is 1. The highest BCUT2D eigenvalue weighted by Gasteiger charge is 2.40. The maximum Gasteiger partial charge on any atom is 0.570 e. The highest BCUT2D eigenvalue weighted by Crippen LogP contribution is 2.32. The van der Waals surface area contributed by atoms with Crippen LogP contribution in [-0.2, 0) is 16.0 Å². The summed E-state index contributed by atoms with van der Waals surface area (Å²) < 4.78 is 5.35. The quantitative estimate of drug-likeness (QED) is 0.422. The van der Waals surface area contributed by atoms with Crippen LogP contribution in [0.5, 0.6) is 5.75 Å². The highest BCUT2D eigenvalue weighted by atomic mass is 16.5. The summed E-state index contributed by atoms with van der Waals surface area (Å²) >= 11 is 0. The summed E-state index contributed by atoms with van der Waals surface area (Å²) in [5.41, 5.74) is 0.257. The number of rotatable bonds is 7. The fraction of sp³-hybridized carbons (Fsp3) is 0.333. The number of hydrogen-bond donors (Lipinski definition) is 2. The Kier molecular flexibility index (Phi) is 5.63. The summed E-state index contributed by atoms with van der Waals surface area (Å²) in [7, 11) is -1.31. The lowest BCUT2D eigenvalue weighted by Gasteiger charge is -2.28. The van der Waals surface area contributed by atoms with Crippen molar-refractivity contribution in [2.45, 2.75) is 32.1 Å². The number of nitrogens with zero attached hydrogens (tertiary/aromatic N) is 1. The topological polar surface area (TPSA) is 139 Å². The van der Waals surface area contributed by atoms with E-state index < -0.39 is 24.9 Å². The summed E-state index contributed by atoms with van der Waals surface area (Å²) in [6.07, 6.45) is 0.587. The van der Waals surface area contributed by atoms with Crippen LogP contribution in [0.2, 0.25) is 0 Å². The van der Waals surface area contributed by atoms with Crippen LogP contribution in [0, 0.1) is 4.91 Å². The average molecular weight is 346 g/mol. The van der Waals surface area contributed by atoms with Gasteiger partial charge in [-0.3, -0.25) is 9.59 Å². The number of amides is 1. The van der Waals surface area contributed by atoms with Gasteiger partial charge in [0, 0.05) is 18.4 Å². The molecule has 9 nitrogen and oxygen atoms in total. The zero-order chi connectivity index (χ0) is 18.6. The Balaban J connectivity index is 2.27. The molecule has 1 aromatic carbocycles. The summed E-state index contributed by atoms with van der Waals surface area (Å²) in [6.45, 7) is 1.36. The van der Waals surface area contributed by atoms with Gasteiger partial charge in [-0.2, -0.15) is 4.91 Å². The monoisotopic (exact) mass is 346 g/mol. The van der Waals surface area contributed by atoms with E-state index in [1.807, 2.05) is 0 Å². The molecule has 1 amide bonds. The predicted octanol–water partition coefficient (Wildman–Crippen LogP) is 0.780. The van der Waals surface area contributed by atoms with Crippen molar-refractivity contribution in [2.24, 2.45) is 5.09 Å². The largest absolute Gasteiger partial charge is 0.570 e. The van der Waals surface area contributed by atoms with E-state index in [1.54, 1.807) is 0 Å². The molecule has 10 heteroatoms. The fourth-order valence-electron chi connectivity index (χ4n) is 2.56. The molecule has 0 radical (unpaired) electrons. The molecule has 1 aliphatic rings. The molecule has 0 fully saturated rings. The molecule has 0 saturated carbocycles. The number of carbonyl (C=O) groups excluding carboxylic acids is 3. The Hall–Kier alpha value is -3.04. The van der Waals surface area contributed by atoms with Crippen LogP contribution in [0.3, 0.4) is 0 Å². The van der Waals surface area contributed by atoms with Crippen molar-refractivity contribution in [3.8, 4) is 5.75 Å². The number of carboxylic acid groups (broad SMARTS) is 1. The zero-order valence-corrected chi connectivity index (χ0v) is 13.4. The average Bonchev–Trinajstić information content (AvgIpc) is 2.58. The summed E-state index contributed by atoms with van der Waals surface area (Å²) in [4.78, 5) is 56.2. The van der Waals surface area contributed by atoms with E-state index in [9.17, 15) is 29.2 Å². The molecular weight excluding hydrogens is 331 g/mol. The first-order chi connectivity index (χ1) is 11.8.